The number of methoxy groups -OCH3 is 1. The maximum absolute atomic E-state index is 12.1. The maximum Gasteiger partial charge on any atom is 0.255 e. The third-order valence-corrected chi connectivity index (χ3v) is 3.96. The molecular weight excluding hydrogens is 274 g/mol. The Morgan fingerprint density at radius 1 is 1.50 bits per heavy atom. The van der Waals surface area contributed by atoms with Gasteiger partial charge in [0.25, 0.3) is 5.91 Å². The van der Waals surface area contributed by atoms with Crippen LogP contribution in [-0.2, 0) is 13.0 Å². The first-order chi connectivity index (χ1) is 9.63. The minimum Gasteiger partial charge on any atom is -0.496 e. The van der Waals surface area contributed by atoms with Crippen molar-refractivity contribution in [1.29, 1.82) is 0 Å². The van der Waals surface area contributed by atoms with Gasteiger partial charge in [-0.25, -0.2) is 4.98 Å². The highest BCUT2D eigenvalue weighted by molar-refractivity contribution is 7.11. The zero-order valence-corrected chi connectivity index (χ0v) is 12.3. The van der Waals surface area contributed by atoms with E-state index in [9.17, 15) is 4.79 Å². The molecule has 6 heteroatoms. The molecule has 0 aliphatic rings. The quantitative estimate of drug-likeness (QED) is 0.828. The molecule has 1 aromatic carbocycles. The van der Waals surface area contributed by atoms with Gasteiger partial charge in [-0.1, -0.05) is 6.92 Å². The van der Waals surface area contributed by atoms with Crippen molar-refractivity contribution in [2.45, 2.75) is 19.9 Å². The first-order valence-electron chi connectivity index (χ1n) is 6.29. The molecule has 3 N–H and O–H groups in total. The third kappa shape index (κ3) is 3.27. The van der Waals surface area contributed by atoms with Crippen LogP contribution in [-0.4, -0.2) is 18.0 Å². The molecule has 1 amide bonds. The molecule has 5 nitrogen and oxygen atoms in total. The predicted octanol–water partition coefficient (Wildman–Crippen LogP) is 2.23. The first-order valence-corrected chi connectivity index (χ1v) is 7.11. The summed E-state index contributed by atoms with van der Waals surface area (Å²) in [6.07, 6.45) is 2.80. The zero-order valence-electron chi connectivity index (χ0n) is 11.5. The van der Waals surface area contributed by atoms with Crippen LogP contribution in [0.2, 0.25) is 0 Å². The summed E-state index contributed by atoms with van der Waals surface area (Å²) in [5, 5.41) is 3.73. The molecule has 0 spiro atoms. The molecule has 106 valence electrons. The molecule has 2 aromatic rings. The van der Waals surface area contributed by atoms with Gasteiger partial charge in [-0.05, 0) is 18.6 Å². The van der Waals surface area contributed by atoms with Crippen LogP contribution in [0.1, 0.15) is 27.2 Å². The minimum absolute atomic E-state index is 0.199. The van der Waals surface area contributed by atoms with Crippen LogP contribution in [0, 0.1) is 0 Å². The minimum atomic E-state index is -0.199. The Hall–Kier alpha value is -2.08. The molecule has 0 aliphatic carbocycles. The highest BCUT2D eigenvalue weighted by Gasteiger charge is 2.12. The Morgan fingerprint density at radius 2 is 2.30 bits per heavy atom. The van der Waals surface area contributed by atoms with Crippen molar-refractivity contribution in [2.24, 2.45) is 0 Å². The molecule has 0 fully saturated rings. The fourth-order valence-electron chi connectivity index (χ4n) is 1.74. The topological polar surface area (TPSA) is 77.2 Å². The average Bonchev–Trinajstić information content (AvgIpc) is 2.92. The second kappa shape index (κ2) is 6.38. The molecule has 0 aliphatic heterocycles. The first kappa shape index (κ1) is 14.3. The number of benzene rings is 1. The maximum atomic E-state index is 12.1. The number of amides is 1. The van der Waals surface area contributed by atoms with Crippen molar-refractivity contribution in [3.8, 4) is 5.75 Å². The molecule has 0 radical (unpaired) electrons. The lowest BCUT2D eigenvalue weighted by Crippen LogP contribution is -2.23. The number of nitrogens with zero attached hydrogens (tertiary/aromatic N) is 1. The molecule has 0 atom stereocenters. The summed E-state index contributed by atoms with van der Waals surface area (Å²) < 4.78 is 5.17. The van der Waals surface area contributed by atoms with Gasteiger partial charge < -0.3 is 15.8 Å². The third-order valence-electron chi connectivity index (χ3n) is 2.82. The van der Waals surface area contributed by atoms with Crippen LogP contribution in [0.25, 0.3) is 0 Å². The van der Waals surface area contributed by atoms with Gasteiger partial charge in [-0.2, -0.15) is 0 Å². The number of anilines is 1. The van der Waals surface area contributed by atoms with Crippen molar-refractivity contribution >= 4 is 22.9 Å². The number of hydrogen-bond donors (Lipinski definition) is 2. The second-order valence-corrected chi connectivity index (χ2v) is 5.42. The Bertz CT molecular complexity index is 610. The van der Waals surface area contributed by atoms with Crippen LogP contribution in [0.5, 0.6) is 5.75 Å². The molecular formula is C14H17N3O2S. The number of aromatic nitrogens is 1. The number of carbonyl (C=O) groups is 1. The molecule has 2 rings (SSSR count). The van der Waals surface area contributed by atoms with Crippen molar-refractivity contribution in [3.63, 3.8) is 0 Å². The lowest BCUT2D eigenvalue weighted by atomic mass is 10.1. The summed E-state index contributed by atoms with van der Waals surface area (Å²) in [5.41, 5.74) is 6.69. The smallest absolute Gasteiger partial charge is 0.255 e. The van der Waals surface area contributed by atoms with Crippen molar-refractivity contribution < 1.29 is 9.53 Å². The van der Waals surface area contributed by atoms with Gasteiger partial charge in [0, 0.05) is 22.8 Å². The van der Waals surface area contributed by atoms with Crippen LogP contribution < -0.4 is 15.8 Å². The fraction of sp³-hybridized carbons (Fsp3) is 0.286. The summed E-state index contributed by atoms with van der Waals surface area (Å²) in [6, 6.07) is 4.96. The highest BCUT2D eigenvalue weighted by Crippen LogP contribution is 2.21. The van der Waals surface area contributed by atoms with E-state index in [0.29, 0.717) is 23.5 Å². The van der Waals surface area contributed by atoms with Gasteiger partial charge >= 0.3 is 0 Å². The van der Waals surface area contributed by atoms with E-state index in [0.717, 1.165) is 11.4 Å². The van der Waals surface area contributed by atoms with Gasteiger partial charge in [0.05, 0.1) is 19.2 Å². The molecule has 0 unspecified atom stereocenters. The van der Waals surface area contributed by atoms with E-state index in [1.165, 1.54) is 12.0 Å². The van der Waals surface area contributed by atoms with Crippen molar-refractivity contribution in [1.82, 2.24) is 10.3 Å². The van der Waals surface area contributed by atoms with Gasteiger partial charge in [0.15, 0.2) is 0 Å². The number of aryl methyl sites for hydroxylation is 1. The van der Waals surface area contributed by atoms with E-state index in [4.69, 9.17) is 10.5 Å². The average molecular weight is 291 g/mol. The van der Waals surface area contributed by atoms with Crippen LogP contribution in [0.4, 0.5) is 5.69 Å². The SMILES string of the molecule is CCc1cnc(CNC(=O)c2ccc(N)cc2OC)s1. The Kier molecular flexibility index (Phi) is 4.57. The number of nitrogens with two attached hydrogens (primary N) is 1. The number of nitrogens with one attached hydrogen (secondary N) is 1. The molecule has 1 heterocycles. The number of carbonyl (C=O) groups excluding carboxylic acids is 1. The summed E-state index contributed by atoms with van der Waals surface area (Å²) in [5.74, 6) is 0.269. The second-order valence-electron chi connectivity index (χ2n) is 4.22. The standard InChI is InChI=1S/C14H17N3O2S/c1-3-10-7-16-13(20-10)8-17-14(18)11-5-4-9(15)6-12(11)19-2/h4-7H,3,8,15H2,1-2H3,(H,17,18). The van der Waals surface area contributed by atoms with Gasteiger partial charge in [-0.15, -0.1) is 11.3 Å². The van der Waals surface area contributed by atoms with Gasteiger partial charge in [-0.3, -0.25) is 4.79 Å². The predicted molar refractivity (Wildman–Crippen MR) is 80.1 cm³/mol. The molecule has 0 saturated carbocycles. The summed E-state index contributed by atoms with van der Waals surface area (Å²) >= 11 is 1.61. The number of thiazole rings is 1. The van der Waals surface area contributed by atoms with Crippen molar-refractivity contribution in [3.05, 3.63) is 39.8 Å². The van der Waals surface area contributed by atoms with E-state index in [1.54, 1.807) is 29.5 Å². The van der Waals surface area contributed by atoms with Crippen molar-refractivity contribution in [2.75, 3.05) is 12.8 Å². The van der Waals surface area contributed by atoms with E-state index >= 15 is 0 Å². The lowest BCUT2D eigenvalue weighted by molar-refractivity contribution is 0.0948. The Balaban J connectivity index is 2.04. The van der Waals surface area contributed by atoms with Crippen LogP contribution in [0.3, 0.4) is 0 Å². The number of hydrogen-bond acceptors (Lipinski definition) is 5. The summed E-state index contributed by atoms with van der Waals surface area (Å²) in [6.45, 7) is 2.49. The Labute approximate surface area is 121 Å². The van der Waals surface area contributed by atoms with E-state index < -0.39 is 0 Å². The fourth-order valence-corrected chi connectivity index (χ4v) is 2.54. The van der Waals surface area contributed by atoms with Gasteiger partial charge in [0.1, 0.15) is 10.8 Å². The number of ether oxygens (including phenoxy) is 1. The number of rotatable bonds is 5. The van der Waals surface area contributed by atoms with E-state index in [-0.39, 0.29) is 5.91 Å². The molecule has 0 bridgehead atoms. The largest absolute Gasteiger partial charge is 0.496 e. The summed E-state index contributed by atoms with van der Waals surface area (Å²) in [4.78, 5) is 17.6. The van der Waals surface area contributed by atoms with E-state index in [1.807, 2.05) is 6.20 Å². The van der Waals surface area contributed by atoms with E-state index in [2.05, 4.69) is 17.2 Å². The lowest BCUT2D eigenvalue weighted by Gasteiger charge is -2.09. The summed E-state index contributed by atoms with van der Waals surface area (Å²) in [7, 11) is 1.51. The monoisotopic (exact) mass is 291 g/mol. The molecule has 1 aromatic heterocycles. The number of nitrogen functional groups attached to an aromatic ring is 1. The van der Waals surface area contributed by atoms with Crippen LogP contribution in [0.15, 0.2) is 24.4 Å². The molecule has 0 saturated heterocycles. The highest BCUT2D eigenvalue weighted by atomic mass is 32.1. The van der Waals surface area contributed by atoms with Gasteiger partial charge in [0.2, 0.25) is 0 Å². The zero-order chi connectivity index (χ0) is 14.5. The normalized spacial score (nSPS) is 10.3. The molecule has 20 heavy (non-hydrogen) atoms. The van der Waals surface area contributed by atoms with Crippen LogP contribution >= 0.6 is 11.3 Å². The Morgan fingerprint density at radius 3 is 2.95 bits per heavy atom.